The predicted molar refractivity (Wildman–Crippen MR) is 87.0 cm³/mol. The number of aromatic nitrogens is 6. The topological polar surface area (TPSA) is 72.6 Å². The largest absolute Gasteiger partial charge is 0.344 e. The molecule has 0 amide bonds. The number of rotatable bonds is 3. The zero-order valence-corrected chi connectivity index (χ0v) is 13.1. The van der Waals surface area contributed by atoms with Crippen LogP contribution in [-0.2, 0) is 6.54 Å². The number of anilines is 1. The van der Waals surface area contributed by atoms with Crippen molar-refractivity contribution in [2.45, 2.75) is 38.8 Å². The van der Waals surface area contributed by atoms with Crippen LogP contribution in [0.5, 0.6) is 0 Å². The van der Waals surface area contributed by atoms with Crippen LogP contribution < -0.4 is 4.90 Å². The first-order valence-corrected chi connectivity index (χ1v) is 8.08. The summed E-state index contributed by atoms with van der Waals surface area (Å²) in [6.45, 7) is 3.87. The third-order valence-corrected chi connectivity index (χ3v) is 4.38. The van der Waals surface area contributed by atoms with Gasteiger partial charge in [-0.25, -0.2) is 24.9 Å². The van der Waals surface area contributed by atoms with Gasteiger partial charge in [0.2, 0.25) is 0 Å². The van der Waals surface area contributed by atoms with Gasteiger partial charge in [-0.15, -0.1) is 0 Å². The summed E-state index contributed by atoms with van der Waals surface area (Å²) in [5.41, 5.74) is 1.74. The second-order valence-electron chi connectivity index (χ2n) is 5.71. The Bertz CT molecular complexity index is 799. The Morgan fingerprint density at radius 1 is 1.09 bits per heavy atom. The van der Waals surface area contributed by atoms with Gasteiger partial charge in [-0.2, -0.15) is 0 Å². The van der Waals surface area contributed by atoms with Crippen molar-refractivity contribution >= 4 is 17.0 Å². The Kier molecular flexibility index (Phi) is 3.61. The van der Waals surface area contributed by atoms with E-state index in [-0.39, 0.29) is 6.04 Å². The van der Waals surface area contributed by atoms with Crippen molar-refractivity contribution in [3.8, 4) is 0 Å². The van der Waals surface area contributed by atoms with Crippen LogP contribution in [0.2, 0.25) is 0 Å². The van der Waals surface area contributed by atoms with Crippen LogP contribution in [0.4, 0.5) is 5.82 Å². The molecular formula is C16H19N7. The van der Waals surface area contributed by atoms with E-state index in [1.807, 2.05) is 17.0 Å². The number of piperidine rings is 1. The van der Waals surface area contributed by atoms with E-state index in [0.29, 0.717) is 0 Å². The van der Waals surface area contributed by atoms with Crippen LogP contribution in [0.3, 0.4) is 0 Å². The van der Waals surface area contributed by atoms with Crippen molar-refractivity contribution in [3.63, 3.8) is 0 Å². The van der Waals surface area contributed by atoms with Gasteiger partial charge in [0.1, 0.15) is 6.33 Å². The molecule has 0 N–H and O–H groups in total. The van der Waals surface area contributed by atoms with Gasteiger partial charge in [0.05, 0.1) is 12.4 Å². The first-order chi connectivity index (χ1) is 11.4. The lowest BCUT2D eigenvalue weighted by atomic mass is 10.0. The lowest BCUT2D eigenvalue weighted by Gasteiger charge is -2.35. The highest BCUT2D eigenvalue weighted by Crippen LogP contribution is 2.34. The van der Waals surface area contributed by atoms with Crippen molar-refractivity contribution in [2.75, 3.05) is 11.4 Å². The maximum atomic E-state index is 4.55. The molecule has 3 aromatic heterocycles. The molecule has 1 aliphatic heterocycles. The average Bonchev–Trinajstić information content (AvgIpc) is 3.06. The Balaban J connectivity index is 1.80. The van der Waals surface area contributed by atoms with Crippen molar-refractivity contribution < 1.29 is 0 Å². The molecule has 0 spiro atoms. The molecule has 4 heterocycles. The van der Waals surface area contributed by atoms with Crippen LogP contribution in [0, 0.1) is 0 Å². The molecule has 0 radical (unpaired) electrons. The quantitative estimate of drug-likeness (QED) is 0.739. The molecule has 0 aromatic carbocycles. The number of hydrogen-bond acceptors (Lipinski definition) is 6. The maximum absolute atomic E-state index is 4.55. The van der Waals surface area contributed by atoms with E-state index in [2.05, 4.69) is 36.7 Å². The fourth-order valence-electron chi connectivity index (χ4n) is 3.25. The highest BCUT2D eigenvalue weighted by Gasteiger charge is 2.29. The number of nitrogens with zero attached hydrogens (tertiary/aromatic N) is 7. The fraction of sp³-hybridized carbons (Fsp3) is 0.438. The molecule has 0 aliphatic carbocycles. The number of hydrogen-bond donors (Lipinski definition) is 0. The molecule has 7 nitrogen and oxygen atoms in total. The molecular weight excluding hydrogens is 290 g/mol. The van der Waals surface area contributed by atoms with E-state index in [4.69, 9.17) is 0 Å². The predicted octanol–water partition coefficient (Wildman–Crippen LogP) is 2.37. The molecule has 23 heavy (non-hydrogen) atoms. The zero-order chi connectivity index (χ0) is 15.6. The van der Waals surface area contributed by atoms with Crippen molar-refractivity contribution in [2.24, 2.45) is 0 Å². The summed E-state index contributed by atoms with van der Waals surface area (Å²) in [7, 11) is 0. The summed E-state index contributed by atoms with van der Waals surface area (Å²) in [6, 6.07) is 2.00. The smallest absolute Gasteiger partial charge is 0.165 e. The molecule has 4 rings (SSSR count). The van der Waals surface area contributed by atoms with E-state index in [0.717, 1.165) is 48.7 Å². The maximum Gasteiger partial charge on any atom is 0.165 e. The molecule has 0 bridgehead atoms. The van der Waals surface area contributed by atoms with Gasteiger partial charge in [0, 0.05) is 25.5 Å². The highest BCUT2D eigenvalue weighted by atomic mass is 15.3. The molecule has 1 unspecified atom stereocenters. The van der Waals surface area contributed by atoms with Gasteiger partial charge in [-0.05, 0) is 32.3 Å². The van der Waals surface area contributed by atoms with Crippen LogP contribution in [0.15, 0.2) is 31.1 Å². The van der Waals surface area contributed by atoms with Crippen molar-refractivity contribution in [3.05, 3.63) is 36.9 Å². The lowest BCUT2D eigenvalue weighted by molar-refractivity contribution is 0.453. The van der Waals surface area contributed by atoms with E-state index in [1.54, 1.807) is 18.7 Å². The van der Waals surface area contributed by atoms with Gasteiger partial charge in [0.25, 0.3) is 0 Å². The van der Waals surface area contributed by atoms with Gasteiger partial charge in [-0.3, -0.25) is 0 Å². The Hall–Kier alpha value is -2.57. The van der Waals surface area contributed by atoms with Gasteiger partial charge in [0.15, 0.2) is 22.8 Å². The zero-order valence-electron chi connectivity index (χ0n) is 13.1. The molecule has 7 heteroatoms. The van der Waals surface area contributed by atoms with E-state index in [9.17, 15) is 0 Å². The van der Waals surface area contributed by atoms with Gasteiger partial charge >= 0.3 is 0 Å². The Morgan fingerprint density at radius 2 is 1.96 bits per heavy atom. The minimum Gasteiger partial charge on any atom is -0.344 e. The normalized spacial score (nSPS) is 18.5. The first kappa shape index (κ1) is 14.0. The monoisotopic (exact) mass is 309 g/mol. The molecule has 1 saturated heterocycles. The van der Waals surface area contributed by atoms with Crippen LogP contribution in [0.25, 0.3) is 11.2 Å². The van der Waals surface area contributed by atoms with Crippen molar-refractivity contribution in [1.29, 1.82) is 0 Å². The SMILES string of the molecule is CCn1cnc2c(N3CCCCC3c3ncccn3)ncnc21. The summed E-state index contributed by atoms with van der Waals surface area (Å²) in [5.74, 6) is 1.74. The summed E-state index contributed by atoms with van der Waals surface area (Å²) in [4.78, 5) is 24.7. The number of aryl methyl sites for hydroxylation is 1. The first-order valence-electron chi connectivity index (χ1n) is 8.08. The molecule has 1 aliphatic rings. The summed E-state index contributed by atoms with van der Waals surface area (Å²) in [6.07, 6.45) is 10.4. The lowest BCUT2D eigenvalue weighted by Crippen LogP contribution is -2.35. The third-order valence-electron chi connectivity index (χ3n) is 4.38. The Labute approximate surface area is 134 Å². The summed E-state index contributed by atoms with van der Waals surface area (Å²) in [5, 5.41) is 0. The second kappa shape index (κ2) is 5.91. The molecule has 0 saturated carbocycles. The summed E-state index contributed by atoms with van der Waals surface area (Å²) >= 11 is 0. The van der Waals surface area contributed by atoms with Crippen LogP contribution >= 0.6 is 0 Å². The van der Waals surface area contributed by atoms with Gasteiger partial charge in [-0.1, -0.05) is 0 Å². The molecule has 1 atom stereocenters. The third kappa shape index (κ3) is 2.42. The van der Waals surface area contributed by atoms with Crippen LogP contribution in [-0.4, -0.2) is 36.0 Å². The Morgan fingerprint density at radius 3 is 2.78 bits per heavy atom. The molecule has 3 aromatic rings. The minimum absolute atomic E-state index is 0.148. The van der Waals surface area contributed by atoms with Crippen LogP contribution in [0.1, 0.15) is 38.1 Å². The standard InChI is InChI=1S/C16H19N7/c1-2-22-11-21-13-15(22)19-10-20-16(13)23-9-4-3-6-12(23)14-17-7-5-8-18-14/h5,7-8,10-12H,2-4,6,9H2,1H3. The average molecular weight is 309 g/mol. The van der Waals surface area contributed by atoms with Crippen molar-refractivity contribution in [1.82, 2.24) is 29.5 Å². The summed E-state index contributed by atoms with van der Waals surface area (Å²) < 4.78 is 2.04. The number of imidazole rings is 1. The molecule has 118 valence electrons. The molecule has 1 fully saturated rings. The van der Waals surface area contributed by atoms with E-state index >= 15 is 0 Å². The number of fused-ring (bicyclic) bond motifs is 1. The minimum atomic E-state index is 0.148. The highest BCUT2D eigenvalue weighted by molar-refractivity contribution is 5.83. The van der Waals surface area contributed by atoms with Gasteiger partial charge < -0.3 is 9.47 Å². The second-order valence-corrected chi connectivity index (χ2v) is 5.71. The fourth-order valence-corrected chi connectivity index (χ4v) is 3.25. The van der Waals surface area contributed by atoms with E-state index in [1.165, 1.54) is 6.42 Å². The van der Waals surface area contributed by atoms with E-state index < -0.39 is 0 Å².